The van der Waals surface area contributed by atoms with Crippen LogP contribution in [0.25, 0.3) is 0 Å². The first kappa shape index (κ1) is 12.5. The van der Waals surface area contributed by atoms with Gasteiger partial charge in [0.05, 0.1) is 6.54 Å². The molecule has 0 spiro atoms. The maximum Gasteiger partial charge on any atom is 0.229 e. The first-order chi connectivity index (χ1) is 9.78. The van der Waals surface area contributed by atoms with E-state index in [2.05, 4.69) is 20.1 Å². The molecule has 20 heavy (non-hydrogen) atoms. The second-order valence-electron chi connectivity index (χ2n) is 4.87. The van der Waals surface area contributed by atoms with Gasteiger partial charge in [-0.1, -0.05) is 11.6 Å². The average Bonchev–Trinajstić information content (AvgIpc) is 2.84. The lowest BCUT2D eigenvalue weighted by Crippen LogP contribution is -2.20. The van der Waals surface area contributed by atoms with Crippen molar-refractivity contribution in [2.75, 3.05) is 11.9 Å². The third-order valence-corrected chi connectivity index (χ3v) is 3.46. The molecule has 0 aromatic carbocycles. The lowest BCUT2D eigenvalue weighted by Gasteiger charge is -2.20. The summed E-state index contributed by atoms with van der Waals surface area (Å²) in [5, 5.41) is 13.0. The Labute approximate surface area is 116 Å². The third kappa shape index (κ3) is 2.32. The topological polar surface area (TPSA) is 91.7 Å². The molecule has 7 nitrogen and oxygen atoms in total. The first-order valence-corrected chi connectivity index (χ1v) is 6.52. The number of nitriles is 1. The molecule has 1 fully saturated rings. The normalized spacial score (nSPS) is 14.6. The summed E-state index contributed by atoms with van der Waals surface area (Å²) in [7, 11) is 1.82. The molecule has 2 aromatic heterocycles. The first-order valence-electron chi connectivity index (χ1n) is 6.52. The van der Waals surface area contributed by atoms with Crippen molar-refractivity contribution in [1.29, 1.82) is 5.26 Å². The van der Waals surface area contributed by atoms with Crippen molar-refractivity contribution >= 4 is 5.82 Å². The molecule has 3 rings (SSSR count). The molecule has 1 aliphatic carbocycles. The summed E-state index contributed by atoms with van der Waals surface area (Å²) in [6.45, 7) is 0.434. The number of hydrogen-bond acceptors (Lipinski definition) is 7. The highest BCUT2D eigenvalue weighted by Gasteiger charge is 2.25. The molecule has 7 heteroatoms. The maximum atomic E-state index is 9.02. The molecule has 0 saturated heterocycles. The zero-order chi connectivity index (χ0) is 13.9. The van der Waals surface area contributed by atoms with Gasteiger partial charge in [-0.05, 0) is 12.8 Å². The molecule has 2 heterocycles. The van der Waals surface area contributed by atoms with Crippen molar-refractivity contribution < 1.29 is 4.52 Å². The molecule has 1 aliphatic rings. The summed E-state index contributed by atoms with van der Waals surface area (Å²) < 4.78 is 5.27. The minimum atomic E-state index is 0.290. The Balaban J connectivity index is 1.73. The Hall–Kier alpha value is -2.49. The molecule has 0 aliphatic heterocycles. The van der Waals surface area contributed by atoms with E-state index in [1.807, 2.05) is 13.1 Å². The number of aromatic nitrogens is 4. The molecule has 0 atom stereocenters. The largest absolute Gasteiger partial charge is 0.350 e. The van der Waals surface area contributed by atoms with Crippen molar-refractivity contribution in [2.45, 2.75) is 31.7 Å². The Morgan fingerprint density at radius 2 is 2.20 bits per heavy atom. The summed E-state index contributed by atoms with van der Waals surface area (Å²) in [4.78, 5) is 14.4. The fourth-order valence-electron chi connectivity index (χ4n) is 2.13. The van der Waals surface area contributed by atoms with Crippen LogP contribution in [0.2, 0.25) is 0 Å². The zero-order valence-electron chi connectivity index (χ0n) is 11.2. The van der Waals surface area contributed by atoms with E-state index in [0.29, 0.717) is 24.1 Å². The minimum Gasteiger partial charge on any atom is -0.350 e. The molecular formula is C13H14N6O. The Morgan fingerprint density at radius 3 is 2.90 bits per heavy atom. The van der Waals surface area contributed by atoms with Gasteiger partial charge >= 0.3 is 0 Å². The van der Waals surface area contributed by atoms with Crippen LogP contribution in [0, 0.1) is 11.3 Å². The van der Waals surface area contributed by atoms with Gasteiger partial charge in [0.25, 0.3) is 0 Å². The van der Waals surface area contributed by atoms with Crippen LogP contribution in [0.1, 0.15) is 42.6 Å². The maximum absolute atomic E-state index is 9.02. The van der Waals surface area contributed by atoms with E-state index in [9.17, 15) is 0 Å². The molecule has 0 unspecified atom stereocenters. The van der Waals surface area contributed by atoms with Crippen molar-refractivity contribution in [3.63, 3.8) is 0 Å². The summed E-state index contributed by atoms with van der Waals surface area (Å²) >= 11 is 0. The highest BCUT2D eigenvalue weighted by atomic mass is 16.5. The standard InChI is InChI=1S/C13H14N6O/c1-19(12-10(7-14)15-5-6-16-12)8-11-17-13(20-18-11)9-3-2-4-9/h5-6,9H,2-4,8H2,1H3. The second-order valence-corrected chi connectivity index (χ2v) is 4.87. The van der Waals surface area contributed by atoms with Crippen LogP contribution >= 0.6 is 0 Å². The third-order valence-electron chi connectivity index (χ3n) is 3.46. The average molecular weight is 270 g/mol. The Morgan fingerprint density at radius 1 is 1.40 bits per heavy atom. The van der Waals surface area contributed by atoms with Crippen LogP contribution in [0.3, 0.4) is 0 Å². The SMILES string of the molecule is CN(Cc1noc(C2CCC2)n1)c1nccnc1C#N. The van der Waals surface area contributed by atoms with E-state index in [4.69, 9.17) is 9.78 Å². The molecule has 2 aromatic rings. The van der Waals surface area contributed by atoms with Crippen molar-refractivity contribution in [1.82, 2.24) is 20.1 Å². The van der Waals surface area contributed by atoms with Gasteiger partial charge in [0.2, 0.25) is 5.89 Å². The van der Waals surface area contributed by atoms with Crippen LogP contribution in [0.15, 0.2) is 16.9 Å². The predicted molar refractivity (Wildman–Crippen MR) is 69.7 cm³/mol. The highest BCUT2D eigenvalue weighted by Crippen LogP contribution is 2.35. The summed E-state index contributed by atoms with van der Waals surface area (Å²) in [6, 6.07) is 2.02. The summed E-state index contributed by atoms with van der Waals surface area (Å²) in [5.74, 6) is 2.26. The minimum absolute atomic E-state index is 0.290. The van der Waals surface area contributed by atoms with Gasteiger partial charge in [0, 0.05) is 25.4 Å². The van der Waals surface area contributed by atoms with Crippen LogP contribution < -0.4 is 4.90 Å². The lowest BCUT2D eigenvalue weighted by atomic mass is 9.85. The molecular weight excluding hydrogens is 256 g/mol. The highest BCUT2D eigenvalue weighted by molar-refractivity contribution is 5.48. The smallest absolute Gasteiger partial charge is 0.229 e. The van der Waals surface area contributed by atoms with Crippen LogP contribution in [-0.4, -0.2) is 27.2 Å². The zero-order valence-corrected chi connectivity index (χ0v) is 11.2. The fourth-order valence-corrected chi connectivity index (χ4v) is 2.13. The molecule has 0 radical (unpaired) electrons. The lowest BCUT2D eigenvalue weighted by molar-refractivity contribution is 0.291. The Kier molecular flexibility index (Phi) is 3.29. The number of rotatable bonds is 4. The van der Waals surface area contributed by atoms with E-state index in [-0.39, 0.29) is 5.69 Å². The molecule has 102 valence electrons. The van der Waals surface area contributed by atoms with E-state index in [1.165, 1.54) is 12.6 Å². The van der Waals surface area contributed by atoms with Gasteiger partial charge < -0.3 is 9.42 Å². The van der Waals surface area contributed by atoms with Gasteiger partial charge in [0.1, 0.15) is 6.07 Å². The molecule has 1 saturated carbocycles. The molecule has 0 N–H and O–H groups in total. The van der Waals surface area contributed by atoms with Gasteiger partial charge in [-0.15, -0.1) is 0 Å². The molecule has 0 amide bonds. The molecule has 0 bridgehead atoms. The number of anilines is 1. The second kappa shape index (κ2) is 5.25. The van der Waals surface area contributed by atoms with E-state index < -0.39 is 0 Å². The Bertz CT molecular complexity index is 642. The van der Waals surface area contributed by atoms with E-state index >= 15 is 0 Å². The quantitative estimate of drug-likeness (QED) is 0.833. The predicted octanol–water partition coefficient (Wildman–Crippen LogP) is 1.64. The van der Waals surface area contributed by atoms with Crippen LogP contribution in [0.5, 0.6) is 0 Å². The fraction of sp³-hybridized carbons (Fsp3) is 0.462. The van der Waals surface area contributed by atoms with Gasteiger partial charge in [-0.25, -0.2) is 9.97 Å². The van der Waals surface area contributed by atoms with Gasteiger partial charge in [0.15, 0.2) is 17.3 Å². The summed E-state index contributed by atoms with van der Waals surface area (Å²) in [6.07, 6.45) is 6.54. The van der Waals surface area contributed by atoms with E-state index in [0.717, 1.165) is 18.7 Å². The van der Waals surface area contributed by atoms with Gasteiger partial charge in [-0.3, -0.25) is 0 Å². The monoisotopic (exact) mass is 270 g/mol. The van der Waals surface area contributed by atoms with Crippen LogP contribution in [0.4, 0.5) is 5.82 Å². The van der Waals surface area contributed by atoms with Crippen LogP contribution in [-0.2, 0) is 6.54 Å². The number of hydrogen-bond donors (Lipinski definition) is 0. The van der Waals surface area contributed by atoms with E-state index in [1.54, 1.807) is 11.1 Å². The van der Waals surface area contributed by atoms with Crippen molar-refractivity contribution in [2.24, 2.45) is 0 Å². The van der Waals surface area contributed by atoms with Gasteiger partial charge in [-0.2, -0.15) is 10.2 Å². The summed E-state index contributed by atoms with van der Waals surface area (Å²) in [5.41, 5.74) is 0.290. The van der Waals surface area contributed by atoms with Crippen molar-refractivity contribution in [3.05, 3.63) is 29.8 Å². The number of nitrogens with zero attached hydrogens (tertiary/aromatic N) is 6. The van der Waals surface area contributed by atoms with Crippen molar-refractivity contribution in [3.8, 4) is 6.07 Å².